The van der Waals surface area contributed by atoms with Gasteiger partial charge in [0, 0.05) is 25.6 Å². The molecule has 2 saturated heterocycles. The second kappa shape index (κ2) is 4.21. The minimum atomic E-state index is 0.100. The average Bonchev–Trinajstić information content (AvgIpc) is 2.52. The van der Waals surface area contributed by atoms with Gasteiger partial charge >= 0.3 is 0 Å². The van der Waals surface area contributed by atoms with Gasteiger partial charge in [-0.3, -0.25) is 4.79 Å². The highest BCUT2D eigenvalue weighted by Crippen LogP contribution is 2.31. The Morgan fingerprint density at radius 2 is 2.33 bits per heavy atom. The van der Waals surface area contributed by atoms with Gasteiger partial charge in [-0.25, -0.2) is 0 Å². The standard InChI is InChI=1S/C12H17NO2/c1-3-9-10-6-7-12(14)13(10)8-4-5-11(9)15-2/h10-11H,1,4-8H2,2H3. The summed E-state index contributed by atoms with van der Waals surface area (Å²) in [6.45, 7) is 4.59. The van der Waals surface area contributed by atoms with E-state index in [1.807, 2.05) is 4.90 Å². The third kappa shape index (κ3) is 1.73. The van der Waals surface area contributed by atoms with Crippen LogP contribution >= 0.6 is 0 Å². The Labute approximate surface area is 90.4 Å². The molecule has 2 fully saturated rings. The maximum Gasteiger partial charge on any atom is 0.223 e. The van der Waals surface area contributed by atoms with E-state index in [-0.39, 0.29) is 18.1 Å². The van der Waals surface area contributed by atoms with Gasteiger partial charge in [0.2, 0.25) is 5.91 Å². The van der Waals surface area contributed by atoms with E-state index in [2.05, 4.69) is 12.3 Å². The molecule has 2 heterocycles. The number of nitrogens with zero attached hydrogens (tertiary/aromatic N) is 1. The van der Waals surface area contributed by atoms with Crippen LogP contribution in [0.5, 0.6) is 0 Å². The average molecular weight is 207 g/mol. The monoisotopic (exact) mass is 207 g/mol. The molecule has 3 heteroatoms. The van der Waals surface area contributed by atoms with Crippen molar-refractivity contribution < 1.29 is 9.53 Å². The number of carbonyl (C=O) groups is 1. The quantitative estimate of drug-likeness (QED) is 0.610. The molecule has 0 aromatic carbocycles. The van der Waals surface area contributed by atoms with Crippen molar-refractivity contribution in [3.05, 3.63) is 17.9 Å². The summed E-state index contributed by atoms with van der Waals surface area (Å²) in [7, 11) is 1.72. The number of rotatable bonds is 1. The summed E-state index contributed by atoms with van der Waals surface area (Å²) in [5.74, 6) is 0.268. The van der Waals surface area contributed by atoms with Crippen LogP contribution in [0.15, 0.2) is 17.9 Å². The van der Waals surface area contributed by atoms with E-state index in [0.717, 1.165) is 31.4 Å². The van der Waals surface area contributed by atoms with Crippen molar-refractivity contribution >= 4 is 5.91 Å². The number of methoxy groups -OCH3 is 1. The summed E-state index contributed by atoms with van der Waals surface area (Å²) >= 11 is 0. The normalized spacial score (nSPS) is 31.1. The Hall–Kier alpha value is -1.05. The number of amides is 1. The van der Waals surface area contributed by atoms with E-state index < -0.39 is 0 Å². The highest BCUT2D eigenvalue weighted by Gasteiger charge is 2.37. The molecule has 3 nitrogen and oxygen atoms in total. The van der Waals surface area contributed by atoms with Crippen LogP contribution in [0.25, 0.3) is 0 Å². The van der Waals surface area contributed by atoms with Gasteiger partial charge in [-0.15, -0.1) is 5.73 Å². The Kier molecular flexibility index (Phi) is 2.94. The molecule has 0 radical (unpaired) electrons. The van der Waals surface area contributed by atoms with E-state index in [1.54, 1.807) is 7.11 Å². The van der Waals surface area contributed by atoms with E-state index in [0.29, 0.717) is 6.42 Å². The predicted molar refractivity (Wildman–Crippen MR) is 57.4 cm³/mol. The zero-order chi connectivity index (χ0) is 10.8. The van der Waals surface area contributed by atoms with Gasteiger partial charge < -0.3 is 9.64 Å². The maximum atomic E-state index is 11.6. The number of hydrogen-bond acceptors (Lipinski definition) is 2. The summed E-state index contributed by atoms with van der Waals surface area (Å²) < 4.78 is 5.44. The summed E-state index contributed by atoms with van der Waals surface area (Å²) in [4.78, 5) is 13.6. The zero-order valence-corrected chi connectivity index (χ0v) is 9.16. The fourth-order valence-electron chi connectivity index (χ4n) is 2.63. The molecule has 0 aromatic rings. The Morgan fingerprint density at radius 1 is 1.53 bits per heavy atom. The second-order valence-corrected chi connectivity index (χ2v) is 4.14. The fourth-order valence-corrected chi connectivity index (χ4v) is 2.63. The van der Waals surface area contributed by atoms with E-state index in [9.17, 15) is 4.79 Å². The molecule has 2 unspecified atom stereocenters. The van der Waals surface area contributed by atoms with Crippen molar-refractivity contribution in [2.75, 3.05) is 13.7 Å². The molecule has 82 valence electrons. The lowest BCUT2D eigenvalue weighted by molar-refractivity contribution is -0.128. The minimum absolute atomic E-state index is 0.100. The largest absolute Gasteiger partial charge is 0.376 e. The van der Waals surface area contributed by atoms with Gasteiger partial charge in [-0.1, -0.05) is 6.58 Å². The maximum absolute atomic E-state index is 11.6. The van der Waals surface area contributed by atoms with Crippen LogP contribution in [0, 0.1) is 0 Å². The molecule has 2 atom stereocenters. The van der Waals surface area contributed by atoms with Gasteiger partial charge in [-0.2, -0.15) is 0 Å². The van der Waals surface area contributed by atoms with Crippen LogP contribution in [0.4, 0.5) is 0 Å². The molecule has 2 aliphatic rings. The van der Waals surface area contributed by atoms with Crippen molar-refractivity contribution in [3.63, 3.8) is 0 Å². The van der Waals surface area contributed by atoms with Crippen LogP contribution in [-0.4, -0.2) is 36.6 Å². The van der Waals surface area contributed by atoms with Crippen LogP contribution in [0.2, 0.25) is 0 Å². The number of fused-ring (bicyclic) bond motifs is 1. The third-order valence-electron chi connectivity index (χ3n) is 3.39. The third-order valence-corrected chi connectivity index (χ3v) is 3.39. The minimum Gasteiger partial charge on any atom is -0.376 e. The van der Waals surface area contributed by atoms with E-state index in [4.69, 9.17) is 4.74 Å². The molecule has 1 amide bonds. The number of ether oxygens (including phenoxy) is 1. The molecule has 2 aliphatic heterocycles. The molecule has 0 aromatic heterocycles. The lowest BCUT2D eigenvalue weighted by Crippen LogP contribution is -2.35. The molecule has 0 N–H and O–H groups in total. The fraction of sp³-hybridized carbons (Fsp3) is 0.667. The first-order chi connectivity index (χ1) is 7.27. The molecular weight excluding hydrogens is 190 g/mol. The van der Waals surface area contributed by atoms with Crippen molar-refractivity contribution in [3.8, 4) is 0 Å². The molecule has 0 spiro atoms. The Morgan fingerprint density at radius 3 is 3.00 bits per heavy atom. The lowest BCUT2D eigenvalue weighted by atomic mass is 9.99. The molecule has 15 heavy (non-hydrogen) atoms. The topological polar surface area (TPSA) is 29.5 Å². The van der Waals surface area contributed by atoms with Gasteiger partial charge in [0.05, 0.1) is 12.1 Å². The van der Waals surface area contributed by atoms with E-state index in [1.165, 1.54) is 0 Å². The smallest absolute Gasteiger partial charge is 0.223 e. The first-order valence-electron chi connectivity index (χ1n) is 5.50. The molecule has 0 bridgehead atoms. The van der Waals surface area contributed by atoms with Crippen molar-refractivity contribution in [1.29, 1.82) is 0 Å². The summed E-state index contributed by atoms with van der Waals surface area (Å²) in [5, 5.41) is 0. The molecule has 0 saturated carbocycles. The SMILES string of the molecule is C=C=C1C(OC)CCCN2C(=O)CCC12. The Bertz CT molecular complexity index is 318. The van der Waals surface area contributed by atoms with Crippen LogP contribution in [0.1, 0.15) is 25.7 Å². The number of hydrogen-bond donors (Lipinski definition) is 0. The second-order valence-electron chi connectivity index (χ2n) is 4.14. The first kappa shape index (κ1) is 10.5. The molecule has 0 aliphatic carbocycles. The summed E-state index contributed by atoms with van der Waals surface area (Å²) in [6.07, 6.45) is 3.63. The van der Waals surface area contributed by atoms with Gasteiger partial charge in [0.15, 0.2) is 0 Å². The molecule has 2 rings (SSSR count). The van der Waals surface area contributed by atoms with Crippen molar-refractivity contribution in [2.24, 2.45) is 0 Å². The van der Waals surface area contributed by atoms with Gasteiger partial charge in [0.25, 0.3) is 0 Å². The van der Waals surface area contributed by atoms with Gasteiger partial charge in [-0.05, 0) is 19.3 Å². The van der Waals surface area contributed by atoms with Gasteiger partial charge in [0.1, 0.15) is 0 Å². The zero-order valence-electron chi connectivity index (χ0n) is 9.16. The molecular formula is C12H17NO2. The van der Waals surface area contributed by atoms with Crippen LogP contribution in [-0.2, 0) is 9.53 Å². The van der Waals surface area contributed by atoms with Crippen LogP contribution in [0.3, 0.4) is 0 Å². The first-order valence-corrected chi connectivity index (χ1v) is 5.50. The van der Waals surface area contributed by atoms with Crippen molar-refractivity contribution in [2.45, 2.75) is 37.8 Å². The Balaban J connectivity index is 2.29. The van der Waals surface area contributed by atoms with E-state index >= 15 is 0 Å². The summed E-state index contributed by atoms with van der Waals surface area (Å²) in [5.41, 5.74) is 4.05. The highest BCUT2D eigenvalue weighted by atomic mass is 16.5. The lowest BCUT2D eigenvalue weighted by Gasteiger charge is -2.24. The van der Waals surface area contributed by atoms with Crippen LogP contribution < -0.4 is 0 Å². The van der Waals surface area contributed by atoms with Crippen molar-refractivity contribution in [1.82, 2.24) is 4.90 Å². The summed E-state index contributed by atoms with van der Waals surface area (Å²) in [6, 6.07) is 0.197. The predicted octanol–water partition coefficient (Wildman–Crippen LogP) is 1.50. The number of carbonyl (C=O) groups excluding carboxylic acids is 1. The highest BCUT2D eigenvalue weighted by molar-refractivity contribution is 5.79.